The van der Waals surface area contributed by atoms with Gasteiger partial charge in [-0.3, -0.25) is 4.99 Å². The Labute approximate surface area is 193 Å². The molecule has 0 saturated carbocycles. The summed E-state index contributed by atoms with van der Waals surface area (Å²) in [5.41, 5.74) is 0. The molecule has 0 radical (unpaired) electrons. The number of hydrogen-bond donors (Lipinski definition) is 1. The maximum Gasteiger partial charge on any atom is 0.194 e. The highest BCUT2D eigenvalue weighted by atomic mass is 79.9. The Bertz CT molecular complexity index is 723. The van der Waals surface area contributed by atoms with E-state index in [9.17, 15) is 4.39 Å². The summed E-state index contributed by atoms with van der Waals surface area (Å²) in [4.78, 5) is 13.3. The molecule has 4 atom stereocenters. The van der Waals surface area contributed by atoms with Crippen LogP contribution in [0.15, 0.2) is 23.3 Å². The number of nitrogens with zero attached hydrogens (tertiary/aromatic N) is 4. The van der Waals surface area contributed by atoms with E-state index in [0.717, 1.165) is 38.5 Å². The monoisotopic (exact) mass is 501 g/mol. The van der Waals surface area contributed by atoms with Gasteiger partial charge >= 0.3 is 0 Å². The normalized spacial score (nSPS) is 27.1. The molecule has 0 spiro atoms. The van der Waals surface area contributed by atoms with E-state index in [-0.39, 0.29) is 47.2 Å². The van der Waals surface area contributed by atoms with Gasteiger partial charge in [-0.2, -0.15) is 0 Å². The maximum atomic E-state index is 14.1. The van der Waals surface area contributed by atoms with E-state index >= 15 is 0 Å². The van der Waals surface area contributed by atoms with Crippen molar-refractivity contribution < 1.29 is 18.6 Å². The van der Waals surface area contributed by atoms with Crippen molar-refractivity contribution in [3.05, 3.63) is 24.1 Å². The summed E-state index contributed by atoms with van der Waals surface area (Å²) in [5, 5.41) is 3.48. The Morgan fingerprint density at radius 1 is 1.35 bits per heavy atom. The van der Waals surface area contributed by atoms with Crippen LogP contribution in [0, 0.1) is 5.82 Å². The molecule has 4 unspecified atom stereocenters. The summed E-state index contributed by atoms with van der Waals surface area (Å²) in [6, 6.07) is 3.20. The Balaban J connectivity index is 0.00000272. The minimum Gasteiger partial charge on any atom is -0.383 e. The fourth-order valence-electron chi connectivity index (χ4n) is 4.36. The Kier molecular flexibility index (Phi) is 8.88. The summed E-state index contributed by atoms with van der Waals surface area (Å²) in [6.07, 6.45) is 4.07. The van der Waals surface area contributed by atoms with Gasteiger partial charge in [-0.15, -0.1) is 17.0 Å². The maximum absolute atomic E-state index is 14.1. The van der Waals surface area contributed by atoms with Crippen LogP contribution >= 0.6 is 17.0 Å². The number of fused-ring (bicyclic) bond motifs is 1. The van der Waals surface area contributed by atoms with Crippen molar-refractivity contribution in [2.75, 3.05) is 57.9 Å². The first kappa shape index (κ1) is 24.2. The van der Waals surface area contributed by atoms with Crippen LogP contribution in [0.1, 0.15) is 19.8 Å². The number of methoxy groups -OCH3 is 1. The number of pyridine rings is 1. The van der Waals surface area contributed by atoms with Gasteiger partial charge in [-0.1, -0.05) is 0 Å². The van der Waals surface area contributed by atoms with E-state index in [0.29, 0.717) is 32.1 Å². The lowest BCUT2D eigenvalue weighted by molar-refractivity contribution is 0.0427. The lowest BCUT2D eigenvalue weighted by Crippen LogP contribution is -2.55. The molecule has 3 aliphatic rings. The van der Waals surface area contributed by atoms with E-state index in [1.165, 1.54) is 6.07 Å². The number of halogens is 2. The molecule has 0 amide bonds. The molecular weight excluding hydrogens is 469 g/mol. The Morgan fingerprint density at radius 2 is 2.16 bits per heavy atom. The fourth-order valence-corrected chi connectivity index (χ4v) is 4.36. The topological polar surface area (TPSA) is 71.5 Å². The van der Waals surface area contributed by atoms with Gasteiger partial charge in [0.1, 0.15) is 0 Å². The second kappa shape index (κ2) is 11.4. The van der Waals surface area contributed by atoms with Crippen LogP contribution in [0.25, 0.3) is 0 Å². The molecule has 8 nitrogen and oxygen atoms in total. The standard InChI is InChI=1S/C21H32FN5O3.BrH/c1-15(14-28-2)25-21(24-13-16-12-19-18(30-16)5-11-29-19)27-9-7-26(8-10-27)20-17(22)4-3-6-23-20;/h3-4,6,15-16,18-19H,5,7-14H2,1-2H3,(H,24,25);1H. The number of piperazine rings is 1. The zero-order chi connectivity index (χ0) is 20.9. The molecule has 174 valence electrons. The molecule has 0 bridgehead atoms. The third-order valence-electron chi connectivity index (χ3n) is 5.87. The van der Waals surface area contributed by atoms with Crippen molar-refractivity contribution in [2.24, 2.45) is 4.99 Å². The minimum atomic E-state index is -0.280. The van der Waals surface area contributed by atoms with Crippen LogP contribution in [0.4, 0.5) is 10.2 Å². The molecule has 0 aliphatic carbocycles. The first-order valence-electron chi connectivity index (χ1n) is 10.8. The SMILES string of the molecule is Br.COCC(C)NC(=NCC1CC2OCCC2O1)N1CCN(c2ncccc2F)CC1. The molecule has 10 heteroatoms. The molecule has 31 heavy (non-hydrogen) atoms. The first-order valence-corrected chi connectivity index (χ1v) is 10.8. The number of ether oxygens (including phenoxy) is 3. The van der Waals surface area contributed by atoms with Gasteiger partial charge in [0, 0.05) is 58.6 Å². The number of guanidine groups is 1. The third-order valence-corrected chi connectivity index (χ3v) is 5.87. The van der Waals surface area contributed by atoms with Gasteiger partial charge in [-0.25, -0.2) is 9.37 Å². The van der Waals surface area contributed by atoms with Gasteiger partial charge in [0.05, 0.1) is 31.5 Å². The van der Waals surface area contributed by atoms with Crippen LogP contribution in [0.2, 0.25) is 0 Å². The lowest BCUT2D eigenvalue weighted by atomic mass is 10.1. The first-order chi connectivity index (χ1) is 14.6. The third kappa shape index (κ3) is 6.06. The highest BCUT2D eigenvalue weighted by Gasteiger charge is 2.39. The summed E-state index contributed by atoms with van der Waals surface area (Å²) < 4.78 is 31.2. The molecular formula is C21H33BrFN5O3. The number of rotatable bonds is 6. The molecule has 1 aromatic rings. The predicted molar refractivity (Wildman–Crippen MR) is 123 cm³/mol. The number of hydrogen-bond acceptors (Lipinski definition) is 6. The van der Waals surface area contributed by atoms with Crippen molar-refractivity contribution in [3.8, 4) is 0 Å². The highest BCUT2D eigenvalue weighted by Crippen LogP contribution is 2.30. The van der Waals surface area contributed by atoms with Crippen LogP contribution < -0.4 is 10.2 Å². The second-order valence-corrected chi connectivity index (χ2v) is 8.18. The molecule has 4 heterocycles. The van der Waals surface area contributed by atoms with E-state index in [1.807, 2.05) is 4.90 Å². The summed E-state index contributed by atoms with van der Waals surface area (Å²) in [6.45, 7) is 6.92. The van der Waals surface area contributed by atoms with Gasteiger partial charge in [0.2, 0.25) is 0 Å². The Morgan fingerprint density at radius 3 is 2.87 bits per heavy atom. The van der Waals surface area contributed by atoms with Crippen LogP contribution in [-0.2, 0) is 14.2 Å². The van der Waals surface area contributed by atoms with E-state index in [1.54, 1.807) is 19.4 Å². The lowest BCUT2D eigenvalue weighted by Gasteiger charge is -2.38. The second-order valence-electron chi connectivity index (χ2n) is 8.18. The van der Waals surface area contributed by atoms with Gasteiger partial charge < -0.3 is 29.3 Å². The number of anilines is 1. The predicted octanol–water partition coefficient (Wildman–Crippen LogP) is 1.85. The molecule has 3 saturated heterocycles. The van der Waals surface area contributed by atoms with E-state index < -0.39 is 0 Å². The van der Waals surface area contributed by atoms with Crippen molar-refractivity contribution in [1.29, 1.82) is 0 Å². The summed E-state index contributed by atoms with van der Waals surface area (Å²) >= 11 is 0. The largest absolute Gasteiger partial charge is 0.383 e. The summed E-state index contributed by atoms with van der Waals surface area (Å²) in [5.74, 6) is 0.988. The average molecular weight is 502 g/mol. The van der Waals surface area contributed by atoms with Gasteiger partial charge in [0.15, 0.2) is 17.6 Å². The summed E-state index contributed by atoms with van der Waals surface area (Å²) in [7, 11) is 1.69. The van der Waals surface area contributed by atoms with Crippen LogP contribution in [-0.4, -0.2) is 93.2 Å². The van der Waals surface area contributed by atoms with Crippen LogP contribution in [0.3, 0.4) is 0 Å². The molecule has 3 fully saturated rings. The highest BCUT2D eigenvalue weighted by molar-refractivity contribution is 8.93. The zero-order valence-electron chi connectivity index (χ0n) is 18.2. The van der Waals surface area contributed by atoms with Crippen molar-refractivity contribution in [3.63, 3.8) is 0 Å². The smallest absolute Gasteiger partial charge is 0.194 e. The fraction of sp³-hybridized carbons (Fsp3) is 0.714. The Hall–Kier alpha value is -1.49. The van der Waals surface area contributed by atoms with E-state index in [2.05, 4.69) is 22.1 Å². The van der Waals surface area contributed by atoms with Crippen LogP contribution in [0.5, 0.6) is 0 Å². The van der Waals surface area contributed by atoms with Crippen molar-refractivity contribution in [1.82, 2.24) is 15.2 Å². The average Bonchev–Trinajstić information content (AvgIpc) is 3.34. The van der Waals surface area contributed by atoms with E-state index in [4.69, 9.17) is 19.2 Å². The molecule has 4 rings (SSSR count). The van der Waals surface area contributed by atoms with Crippen molar-refractivity contribution in [2.45, 2.75) is 44.1 Å². The zero-order valence-corrected chi connectivity index (χ0v) is 19.9. The van der Waals surface area contributed by atoms with Gasteiger partial charge in [-0.05, 0) is 25.5 Å². The minimum absolute atomic E-state index is 0. The van der Waals surface area contributed by atoms with Gasteiger partial charge in [0.25, 0.3) is 0 Å². The van der Waals surface area contributed by atoms with Crippen molar-refractivity contribution >= 4 is 28.8 Å². The number of aromatic nitrogens is 1. The quantitative estimate of drug-likeness (QED) is 0.471. The number of aliphatic imine (C=N–C) groups is 1. The number of nitrogens with one attached hydrogen (secondary N) is 1. The molecule has 0 aromatic carbocycles. The molecule has 1 N–H and O–H groups in total. The molecule has 1 aromatic heterocycles. The molecule has 3 aliphatic heterocycles.